The highest BCUT2D eigenvalue weighted by atomic mass is 35.5. The summed E-state index contributed by atoms with van der Waals surface area (Å²) in [6.45, 7) is 1.88. The molecule has 1 spiro atoms. The van der Waals surface area contributed by atoms with Crippen molar-refractivity contribution in [2.24, 2.45) is 0 Å². The molecular weight excluding hydrogens is 320 g/mol. The SMILES string of the molecule is N#Cc1cc(Cl)c2c(c1)C=CC1(CCN(c3ccccc3)CC1)O2. The summed E-state index contributed by atoms with van der Waals surface area (Å²) in [6, 6.07) is 16.1. The van der Waals surface area contributed by atoms with Crippen LogP contribution in [0.1, 0.15) is 24.0 Å². The molecule has 0 aromatic heterocycles. The van der Waals surface area contributed by atoms with Crippen molar-refractivity contribution in [2.75, 3.05) is 18.0 Å². The Balaban J connectivity index is 1.55. The van der Waals surface area contributed by atoms with Crippen molar-refractivity contribution in [3.8, 4) is 11.8 Å². The van der Waals surface area contributed by atoms with E-state index < -0.39 is 0 Å². The zero-order valence-corrected chi connectivity index (χ0v) is 14.0. The van der Waals surface area contributed by atoms with E-state index in [1.807, 2.05) is 18.2 Å². The number of piperidine rings is 1. The molecule has 0 bridgehead atoms. The van der Waals surface area contributed by atoms with Crippen LogP contribution in [0.4, 0.5) is 5.69 Å². The molecule has 0 aliphatic carbocycles. The molecule has 2 heterocycles. The van der Waals surface area contributed by atoms with Crippen LogP contribution < -0.4 is 9.64 Å². The number of halogens is 1. The van der Waals surface area contributed by atoms with Gasteiger partial charge in [0.15, 0.2) is 0 Å². The molecule has 1 saturated heterocycles. The van der Waals surface area contributed by atoms with Crippen LogP contribution >= 0.6 is 11.6 Å². The van der Waals surface area contributed by atoms with Gasteiger partial charge in [-0.05, 0) is 30.3 Å². The molecule has 2 aliphatic rings. The highest BCUT2D eigenvalue weighted by molar-refractivity contribution is 6.32. The topological polar surface area (TPSA) is 36.3 Å². The zero-order valence-electron chi connectivity index (χ0n) is 13.2. The predicted octanol–water partition coefficient (Wildman–Crippen LogP) is 4.66. The minimum atomic E-state index is -0.296. The molecule has 24 heavy (non-hydrogen) atoms. The van der Waals surface area contributed by atoms with Gasteiger partial charge < -0.3 is 9.64 Å². The molecule has 0 atom stereocenters. The molecule has 4 rings (SSSR count). The molecule has 2 aromatic rings. The van der Waals surface area contributed by atoms with Crippen molar-refractivity contribution in [3.63, 3.8) is 0 Å². The summed E-state index contributed by atoms with van der Waals surface area (Å²) in [4.78, 5) is 2.39. The Hall–Kier alpha value is -2.44. The lowest BCUT2D eigenvalue weighted by atomic mass is 9.87. The molecule has 0 radical (unpaired) electrons. The van der Waals surface area contributed by atoms with Crippen LogP contribution in [-0.4, -0.2) is 18.7 Å². The van der Waals surface area contributed by atoms with Gasteiger partial charge in [0, 0.05) is 37.2 Å². The van der Waals surface area contributed by atoms with Crippen molar-refractivity contribution in [1.29, 1.82) is 5.26 Å². The number of anilines is 1. The van der Waals surface area contributed by atoms with Gasteiger partial charge in [-0.1, -0.05) is 35.9 Å². The third-order valence-corrected chi connectivity index (χ3v) is 5.09. The number of ether oxygens (including phenoxy) is 1. The fraction of sp³-hybridized carbons (Fsp3) is 0.250. The normalized spacial score (nSPS) is 17.9. The number of hydrogen-bond acceptors (Lipinski definition) is 3. The van der Waals surface area contributed by atoms with Gasteiger partial charge in [0.2, 0.25) is 0 Å². The lowest BCUT2D eigenvalue weighted by Crippen LogP contribution is -2.47. The molecule has 2 aromatic carbocycles. The molecule has 120 valence electrons. The van der Waals surface area contributed by atoms with Gasteiger partial charge in [-0.3, -0.25) is 0 Å². The first-order valence-corrected chi connectivity index (χ1v) is 8.49. The Morgan fingerprint density at radius 2 is 1.88 bits per heavy atom. The van der Waals surface area contributed by atoms with Crippen LogP contribution in [0.15, 0.2) is 48.5 Å². The second-order valence-electron chi connectivity index (χ2n) is 6.31. The minimum absolute atomic E-state index is 0.296. The molecule has 3 nitrogen and oxygen atoms in total. The van der Waals surface area contributed by atoms with E-state index >= 15 is 0 Å². The van der Waals surface area contributed by atoms with E-state index in [-0.39, 0.29) is 5.60 Å². The maximum Gasteiger partial charge on any atom is 0.146 e. The van der Waals surface area contributed by atoms with Crippen LogP contribution in [0.2, 0.25) is 5.02 Å². The first kappa shape index (κ1) is 15.1. The van der Waals surface area contributed by atoms with E-state index in [0.29, 0.717) is 16.3 Å². The minimum Gasteiger partial charge on any atom is -0.481 e. The van der Waals surface area contributed by atoms with Gasteiger partial charge in [-0.15, -0.1) is 0 Å². The maximum atomic E-state index is 9.06. The second kappa shape index (κ2) is 5.89. The van der Waals surface area contributed by atoms with Crippen LogP contribution in [0, 0.1) is 11.3 Å². The molecule has 0 unspecified atom stereocenters. The highest BCUT2D eigenvalue weighted by Crippen LogP contribution is 2.42. The van der Waals surface area contributed by atoms with E-state index in [1.54, 1.807) is 6.07 Å². The molecule has 0 saturated carbocycles. The molecule has 2 aliphatic heterocycles. The first-order chi connectivity index (χ1) is 11.7. The summed E-state index contributed by atoms with van der Waals surface area (Å²) < 4.78 is 6.32. The molecule has 0 amide bonds. The maximum absolute atomic E-state index is 9.06. The van der Waals surface area contributed by atoms with Gasteiger partial charge in [-0.25, -0.2) is 0 Å². The number of nitriles is 1. The fourth-order valence-corrected chi connectivity index (χ4v) is 3.71. The van der Waals surface area contributed by atoms with Crippen molar-refractivity contribution in [3.05, 3.63) is 64.7 Å². The monoisotopic (exact) mass is 336 g/mol. The number of para-hydroxylation sites is 1. The molecule has 0 N–H and O–H groups in total. The lowest BCUT2D eigenvalue weighted by molar-refractivity contribution is 0.0894. The van der Waals surface area contributed by atoms with E-state index in [2.05, 4.69) is 41.3 Å². The lowest BCUT2D eigenvalue weighted by Gasteiger charge is -2.42. The summed E-state index contributed by atoms with van der Waals surface area (Å²) in [5, 5.41) is 9.58. The first-order valence-electron chi connectivity index (χ1n) is 8.11. The van der Waals surface area contributed by atoms with Crippen molar-refractivity contribution in [1.82, 2.24) is 0 Å². The summed E-state index contributed by atoms with van der Waals surface area (Å²) >= 11 is 6.33. The van der Waals surface area contributed by atoms with E-state index in [4.69, 9.17) is 21.6 Å². The third-order valence-electron chi connectivity index (χ3n) is 4.80. The Morgan fingerprint density at radius 1 is 1.12 bits per heavy atom. The summed E-state index contributed by atoms with van der Waals surface area (Å²) in [6.07, 6.45) is 6.00. The Morgan fingerprint density at radius 3 is 2.58 bits per heavy atom. The molecular formula is C20H17ClN2O. The number of hydrogen-bond donors (Lipinski definition) is 0. The van der Waals surface area contributed by atoms with Crippen molar-refractivity contribution < 1.29 is 4.74 Å². The van der Waals surface area contributed by atoms with Crippen LogP contribution in [0.5, 0.6) is 5.75 Å². The van der Waals surface area contributed by atoms with Gasteiger partial charge in [0.1, 0.15) is 11.4 Å². The molecule has 4 heteroatoms. The average Bonchev–Trinajstić information content (AvgIpc) is 2.64. The number of nitrogens with zero attached hydrogens (tertiary/aromatic N) is 2. The Labute approximate surface area is 146 Å². The number of fused-ring (bicyclic) bond motifs is 1. The van der Waals surface area contributed by atoms with Crippen LogP contribution in [0.3, 0.4) is 0 Å². The molecule has 1 fully saturated rings. The third kappa shape index (κ3) is 2.64. The van der Waals surface area contributed by atoms with Crippen LogP contribution in [0.25, 0.3) is 6.08 Å². The highest BCUT2D eigenvalue weighted by Gasteiger charge is 2.37. The quantitative estimate of drug-likeness (QED) is 0.760. The standard InChI is InChI=1S/C20H17ClN2O/c21-18-13-15(14-22)12-16-6-7-20(24-19(16)18)8-10-23(11-9-20)17-4-2-1-3-5-17/h1-7,12-13H,8-11H2. The largest absolute Gasteiger partial charge is 0.481 e. The van der Waals surface area contributed by atoms with Crippen molar-refractivity contribution >= 4 is 23.4 Å². The number of benzene rings is 2. The van der Waals surface area contributed by atoms with Gasteiger partial charge >= 0.3 is 0 Å². The summed E-state index contributed by atoms with van der Waals surface area (Å²) in [7, 11) is 0. The van der Waals surface area contributed by atoms with E-state index in [0.717, 1.165) is 31.5 Å². The second-order valence-corrected chi connectivity index (χ2v) is 6.72. The smallest absolute Gasteiger partial charge is 0.146 e. The summed E-state index contributed by atoms with van der Waals surface area (Å²) in [5.74, 6) is 0.700. The number of rotatable bonds is 1. The predicted molar refractivity (Wildman–Crippen MR) is 96.4 cm³/mol. The van der Waals surface area contributed by atoms with E-state index in [1.165, 1.54) is 5.69 Å². The zero-order chi connectivity index (χ0) is 16.6. The van der Waals surface area contributed by atoms with Crippen molar-refractivity contribution in [2.45, 2.75) is 18.4 Å². The summed E-state index contributed by atoms with van der Waals surface area (Å²) in [5.41, 5.74) is 2.40. The average molecular weight is 337 g/mol. The van der Waals surface area contributed by atoms with Gasteiger partial charge in [-0.2, -0.15) is 5.26 Å². The van der Waals surface area contributed by atoms with Crippen LogP contribution in [-0.2, 0) is 0 Å². The Kier molecular flexibility index (Phi) is 3.70. The fourth-order valence-electron chi connectivity index (χ4n) is 3.44. The Bertz CT molecular complexity index is 831. The van der Waals surface area contributed by atoms with Gasteiger partial charge in [0.05, 0.1) is 16.7 Å². The van der Waals surface area contributed by atoms with Gasteiger partial charge in [0.25, 0.3) is 0 Å². The van der Waals surface area contributed by atoms with E-state index in [9.17, 15) is 0 Å².